The number of furan rings is 1. The Morgan fingerprint density at radius 2 is 2.11 bits per heavy atom. The first kappa shape index (κ1) is 18.0. The molecule has 1 saturated heterocycles. The Morgan fingerprint density at radius 3 is 2.89 bits per heavy atom. The van der Waals surface area contributed by atoms with Gasteiger partial charge < -0.3 is 14.6 Å². The maximum Gasteiger partial charge on any atom is 0.230 e. The molecule has 0 bridgehead atoms. The first-order valence-electron chi connectivity index (χ1n) is 9.21. The van der Waals surface area contributed by atoms with Crippen LogP contribution in [0, 0.1) is 5.92 Å². The van der Waals surface area contributed by atoms with Crippen LogP contribution in [0.5, 0.6) is 0 Å². The number of nitrogens with zero attached hydrogens (tertiary/aromatic N) is 4. The summed E-state index contributed by atoms with van der Waals surface area (Å²) in [5, 5.41) is 7.21. The number of hydrogen-bond acceptors (Lipinski definition) is 5. The zero-order valence-electron chi connectivity index (χ0n) is 15.3. The molecule has 1 aliphatic heterocycles. The SMILES string of the molecule is O=C(Nc1ccn(CCc2ccncc2)n1)[C@@H]1CC(=O)N(Cc2ccco2)C1. The van der Waals surface area contributed by atoms with Crippen molar-refractivity contribution in [3.63, 3.8) is 0 Å². The van der Waals surface area contributed by atoms with E-state index in [1.165, 1.54) is 5.56 Å². The smallest absolute Gasteiger partial charge is 0.230 e. The molecule has 4 rings (SSSR count). The first-order valence-corrected chi connectivity index (χ1v) is 9.21. The molecule has 144 valence electrons. The van der Waals surface area contributed by atoms with Crippen molar-refractivity contribution in [2.45, 2.75) is 25.9 Å². The van der Waals surface area contributed by atoms with Crippen LogP contribution >= 0.6 is 0 Å². The second-order valence-electron chi connectivity index (χ2n) is 6.81. The highest BCUT2D eigenvalue weighted by atomic mass is 16.3. The highest BCUT2D eigenvalue weighted by Gasteiger charge is 2.34. The monoisotopic (exact) mass is 379 g/mol. The van der Waals surface area contributed by atoms with Gasteiger partial charge in [-0.25, -0.2) is 0 Å². The van der Waals surface area contributed by atoms with Crippen molar-refractivity contribution < 1.29 is 14.0 Å². The van der Waals surface area contributed by atoms with Crippen molar-refractivity contribution in [1.29, 1.82) is 0 Å². The zero-order valence-corrected chi connectivity index (χ0v) is 15.3. The van der Waals surface area contributed by atoms with E-state index < -0.39 is 0 Å². The summed E-state index contributed by atoms with van der Waals surface area (Å²) in [4.78, 5) is 30.4. The Kier molecular flexibility index (Phi) is 5.18. The summed E-state index contributed by atoms with van der Waals surface area (Å²) in [5.74, 6) is 0.595. The minimum absolute atomic E-state index is 0.0422. The molecule has 0 radical (unpaired) electrons. The molecule has 8 nitrogen and oxygen atoms in total. The highest BCUT2D eigenvalue weighted by Crippen LogP contribution is 2.21. The predicted molar refractivity (Wildman–Crippen MR) is 101 cm³/mol. The van der Waals surface area contributed by atoms with Crippen molar-refractivity contribution in [3.05, 3.63) is 66.5 Å². The quantitative estimate of drug-likeness (QED) is 0.679. The zero-order chi connectivity index (χ0) is 19.3. The molecule has 0 saturated carbocycles. The van der Waals surface area contributed by atoms with Gasteiger partial charge in [0.1, 0.15) is 5.76 Å². The Balaban J connectivity index is 1.29. The third-order valence-electron chi connectivity index (χ3n) is 4.78. The van der Waals surface area contributed by atoms with Gasteiger partial charge >= 0.3 is 0 Å². The van der Waals surface area contributed by atoms with Crippen LogP contribution in [0.2, 0.25) is 0 Å². The molecular formula is C20H21N5O3. The number of aromatic nitrogens is 3. The molecule has 0 aliphatic carbocycles. The molecule has 1 fully saturated rings. The fourth-order valence-electron chi connectivity index (χ4n) is 3.27. The largest absolute Gasteiger partial charge is 0.467 e. The maximum atomic E-state index is 12.5. The second-order valence-corrected chi connectivity index (χ2v) is 6.81. The number of aryl methyl sites for hydroxylation is 2. The van der Waals surface area contributed by atoms with Gasteiger partial charge in [0, 0.05) is 44.2 Å². The third-order valence-corrected chi connectivity index (χ3v) is 4.78. The van der Waals surface area contributed by atoms with E-state index in [-0.39, 0.29) is 24.2 Å². The summed E-state index contributed by atoms with van der Waals surface area (Å²) in [5.41, 5.74) is 1.18. The lowest BCUT2D eigenvalue weighted by Gasteiger charge is -2.14. The summed E-state index contributed by atoms with van der Waals surface area (Å²) in [7, 11) is 0. The number of hydrogen-bond donors (Lipinski definition) is 1. The molecule has 3 aromatic heterocycles. The Bertz CT molecular complexity index is 936. The van der Waals surface area contributed by atoms with Gasteiger partial charge in [0.15, 0.2) is 5.82 Å². The number of carbonyl (C=O) groups excluding carboxylic acids is 2. The molecular weight excluding hydrogens is 358 g/mol. The maximum absolute atomic E-state index is 12.5. The molecule has 3 aromatic rings. The minimum Gasteiger partial charge on any atom is -0.467 e. The first-order chi connectivity index (χ1) is 13.7. The van der Waals surface area contributed by atoms with Crippen molar-refractivity contribution in [1.82, 2.24) is 19.7 Å². The number of pyridine rings is 1. The number of nitrogens with one attached hydrogen (secondary N) is 1. The molecule has 4 heterocycles. The molecule has 0 unspecified atom stereocenters. The number of anilines is 1. The van der Waals surface area contributed by atoms with Gasteiger partial charge in [-0.3, -0.25) is 19.3 Å². The van der Waals surface area contributed by atoms with Crippen LogP contribution in [-0.4, -0.2) is 38.0 Å². The van der Waals surface area contributed by atoms with Crippen molar-refractivity contribution in [2.24, 2.45) is 5.92 Å². The van der Waals surface area contributed by atoms with Crippen molar-refractivity contribution >= 4 is 17.6 Å². The van der Waals surface area contributed by atoms with E-state index in [9.17, 15) is 9.59 Å². The van der Waals surface area contributed by atoms with Gasteiger partial charge in [0.05, 0.1) is 18.7 Å². The summed E-state index contributed by atoms with van der Waals surface area (Å²) < 4.78 is 7.07. The van der Waals surface area contributed by atoms with Crippen molar-refractivity contribution in [3.8, 4) is 0 Å². The van der Waals surface area contributed by atoms with Crippen molar-refractivity contribution in [2.75, 3.05) is 11.9 Å². The van der Waals surface area contributed by atoms with Crippen LogP contribution in [0.3, 0.4) is 0 Å². The third kappa shape index (κ3) is 4.28. The molecule has 1 aliphatic rings. The van der Waals surface area contributed by atoms with Gasteiger partial charge in [0.2, 0.25) is 11.8 Å². The van der Waals surface area contributed by atoms with Crippen LogP contribution in [0.25, 0.3) is 0 Å². The Labute approximate surface area is 162 Å². The fraction of sp³-hybridized carbons (Fsp3) is 0.300. The van der Waals surface area contributed by atoms with Gasteiger partial charge in [-0.1, -0.05) is 0 Å². The summed E-state index contributed by atoms with van der Waals surface area (Å²) in [6.07, 6.45) is 7.97. The average Bonchev–Trinajstić information content (AvgIpc) is 3.44. The van der Waals surface area contributed by atoms with Crippen LogP contribution in [0.1, 0.15) is 17.7 Å². The van der Waals surface area contributed by atoms with Crippen LogP contribution in [0.4, 0.5) is 5.82 Å². The molecule has 8 heteroatoms. The van der Waals surface area contributed by atoms with Gasteiger partial charge in [-0.15, -0.1) is 0 Å². The van der Waals surface area contributed by atoms with E-state index in [1.807, 2.05) is 24.4 Å². The molecule has 0 spiro atoms. The van der Waals surface area contributed by atoms with Crippen LogP contribution in [-0.2, 0) is 29.1 Å². The standard InChI is InChI=1S/C20H21N5O3/c26-19-12-16(13-24(19)14-17-2-1-11-28-17)20(27)22-18-6-10-25(23-18)9-5-15-3-7-21-8-4-15/h1-4,6-8,10-11,16H,5,9,12-14H2,(H,22,23,27)/t16-/m1/s1. The van der Waals surface area contributed by atoms with Gasteiger partial charge in [-0.05, 0) is 36.2 Å². The molecule has 2 amide bonds. The number of rotatable bonds is 7. The fourth-order valence-corrected chi connectivity index (χ4v) is 3.27. The predicted octanol–water partition coefficient (Wildman–Crippen LogP) is 2.10. The minimum atomic E-state index is -0.385. The van der Waals surface area contributed by atoms with Crippen LogP contribution < -0.4 is 5.32 Å². The molecule has 1 atom stereocenters. The van der Waals surface area contributed by atoms with Gasteiger partial charge in [0.25, 0.3) is 0 Å². The molecule has 0 aromatic carbocycles. The highest BCUT2D eigenvalue weighted by molar-refractivity contribution is 5.96. The van der Waals surface area contributed by atoms with Crippen LogP contribution in [0.15, 0.2) is 59.6 Å². The van der Waals surface area contributed by atoms with E-state index in [0.717, 1.165) is 6.42 Å². The normalized spacial score (nSPS) is 16.5. The average molecular weight is 379 g/mol. The van der Waals surface area contributed by atoms with E-state index in [2.05, 4.69) is 15.4 Å². The summed E-state index contributed by atoms with van der Waals surface area (Å²) in [6.45, 7) is 1.48. The number of carbonyl (C=O) groups is 2. The lowest BCUT2D eigenvalue weighted by Crippen LogP contribution is -2.28. The van der Waals surface area contributed by atoms with E-state index >= 15 is 0 Å². The summed E-state index contributed by atoms with van der Waals surface area (Å²) in [6, 6.07) is 9.31. The molecule has 1 N–H and O–H groups in total. The topological polar surface area (TPSA) is 93.3 Å². The number of likely N-dealkylation sites (tertiary alicyclic amines) is 1. The van der Waals surface area contributed by atoms with E-state index in [0.29, 0.717) is 31.2 Å². The number of amides is 2. The van der Waals surface area contributed by atoms with Gasteiger partial charge in [-0.2, -0.15) is 5.10 Å². The van der Waals surface area contributed by atoms with E-state index in [4.69, 9.17) is 4.42 Å². The second kappa shape index (κ2) is 8.08. The van der Waals surface area contributed by atoms with E-state index in [1.54, 1.807) is 40.4 Å². The molecule has 28 heavy (non-hydrogen) atoms. The lowest BCUT2D eigenvalue weighted by atomic mass is 10.1. The lowest BCUT2D eigenvalue weighted by molar-refractivity contribution is -0.128. The summed E-state index contributed by atoms with van der Waals surface area (Å²) >= 11 is 0. The Morgan fingerprint density at radius 1 is 1.25 bits per heavy atom. The Hall–Kier alpha value is -3.42.